The van der Waals surface area contributed by atoms with Crippen molar-refractivity contribution in [3.05, 3.63) is 34.5 Å². The lowest BCUT2D eigenvalue weighted by atomic mass is 10.2. The maximum atomic E-state index is 11.7. The number of hydrogen-bond acceptors (Lipinski definition) is 3. The van der Waals surface area contributed by atoms with Crippen LogP contribution in [0.4, 0.5) is 0 Å². The molecule has 0 aromatic carbocycles. The third-order valence-corrected chi connectivity index (χ3v) is 3.09. The monoisotopic (exact) mass is 239 g/mol. The molecular formula is C11H13NO3S. The summed E-state index contributed by atoms with van der Waals surface area (Å²) in [7, 11) is 0. The van der Waals surface area contributed by atoms with Crippen LogP contribution in [0.2, 0.25) is 0 Å². The summed E-state index contributed by atoms with van der Waals surface area (Å²) in [5.74, 6) is -1.40. The second-order valence-electron chi connectivity index (χ2n) is 3.32. The van der Waals surface area contributed by atoms with Crippen LogP contribution in [0.15, 0.2) is 24.1 Å². The minimum absolute atomic E-state index is 0.214. The van der Waals surface area contributed by atoms with Gasteiger partial charge in [-0.1, -0.05) is 6.08 Å². The summed E-state index contributed by atoms with van der Waals surface area (Å²) in [5, 5.41) is 13.1. The minimum Gasteiger partial charge on any atom is -0.480 e. The van der Waals surface area contributed by atoms with Crippen LogP contribution in [0, 0.1) is 6.92 Å². The molecule has 16 heavy (non-hydrogen) atoms. The average molecular weight is 239 g/mol. The average Bonchev–Trinajstić information content (AvgIpc) is 2.63. The molecule has 0 bridgehead atoms. The standard InChI is InChI=1S/C11H13NO3S/c1-3-4-8(11(14)15)12-10(13)9-7(2)5-6-16-9/h3,5-6,8H,1,4H2,2H3,(H,12,13)(H,14,15). The smallest absolute Gasteiger partial charge is 0.326 e. The number of rotatable bonds is 5. The van der Waals surface area contributed by atoms with Gasteiger partial charge in [-0.05, 0) is 30.4 Å². The van der Waals surface area contributed by atoms with Crippen molar-refractivity contribution in [2.24, 2.45) is 0 Å². The molecule has 5 heteroatoms. The molecule has 1 amide bonds. The van der Waals surface area contributed by atoms with Crippen molar-refractivity contribution in [2.75, 3.05) is 0 Å². The Balaban J connectivity index is 2.72. The fourth-order valence-electron chi connectivity index (χ4n) is 1.22. The molecule has 2 N–H and O–H groups in total. The molecule has 4 nitrogen and oxygen atoms in total. The Morgan fingerprint density at radius 3 is 2.81 bits per heavy atom. The highest BCUT2D eigenvalue weighted by Gasteiger charge is 2.20. The van der Waals surface area contributed by atoms with E-state index in [-0.39, 0.29) is 12.3 Å². The lowest BCUT2D eigenvalue weighted by molar-refractivity contribution is -0.139. The van der Waals surface area contributed by atoms with Crippen molar-refractivity contribution in [1.82, 2.24) is 5.32 Å². The molecule has 1 aromatic rings. The fraction of sp³-hybridized carbons (Fsp3) is 0.273. The summed E-state index contributed by atoms with van der Waals surface area (Å²) in [6.07, 6.45) is 1.69. The molecule has 1 unspecified atom stereocenters. The molecule has 0 fully saturated rings. The van der Waals surface area contributed by atoms with Crippen LogP contribution in [0.3, 0.4) is 0 Å². The Labute approximate surface area is 97.6 Å². The Morgan fingerprint density at radius 2 is 2.38 bits per heavy atom. The molecule has 0 radical (unpaired) electrons. The number of carboxylic acid groups (broad SMARTS) is 1. The molecule has 0 spiro atoms. The summed E-state index contributed by atoms with van der Waals surface area (Å²) >= 11 is 1.30. The van der Waals surface area contributed by atoms with Crippen molar-refractivity contribution in [1.29, 1.82) is 0 Å². The number of amides is 1. The van der Waals surface area contributed by atoms with E-state index in [1.807, 2.05) is 13.0 Å². The lowest BCUT2D eigenvalue weighted by Crippen LogP contribution is -2.40. The normalized spacial score (nSPS) is 11.8. The van der Waals surface area contributed by atoms with E-state index in [9.17, 15) is 9.59 Å². The third kappa shape index (κ3) is 2.93. The van der Waals surface area contributed by atoms with Crippen LogP contribution < -0.4 is 5.32 Å². The molecule has 0 saturated carbocycles. The van der Waals surface area contributed by atoms with E-state index in [2.05, 4.69) is 11.9 Å². The zero-order valence-electron chi connectivity index (χ0n) is 8.90. The number of carboxylic acids is 1. The second-order valence-corrected chi connectivity index (χ2v) is 4.24. The van der Waals surface area contributed by atoms with Gasteiger partial charge < -0.3 is 10.4 Å². The number of aliphatic carboxylic acids is 1. The highest BCUT2D eigenvalue weighted by atomic mass is 32.1. The number of aryl methyl sites for hydroxylation is 1. The van der Waals surface area contributed by atoms with Crippen molar-refractivity contribution in [3.8, 4) is 0 Å². The summed E-state index contributed by atoms with van der Waals surface area (Å²) in [4.78, 5) is 23.1. The molecule has 0 saturated heterocycles. The molecule has 1 aromatic heterocycles. The van der Waals surface area contributed by atoms with Crippen LogP contribution in [0.25, 0.3) is 0 Å². The predicted molar refractivity (Wildman–Crippen MR) is 62.8 cm³/mol. The van der Waals surface area contributed by atoms with Gasteiger partial charge in [0, 0.05) is 0 Å². The number of carbonyl (C=O) groups excluding carboxylic acids is 1. The highest BCUT2D eigenvalue weighted by Crippen LogP contribution is 2.15. The van der Waals surface area contributed by atoms with Gasteiger partial charge in [0.25, 0.3) is 5.91 Å². The van der Waals surface area contributed by atoms with Crippen LogP contribution in [-0.4, -0.2) is 23.0 Å². The van der Waals surface area contributed by atoms with Gasteiger partial charge in [0.1, 0.15) is 6.04 Å². The molecule has 1 heterocycles. The van der Waals surface area contributed by atoms with Crippen LogP contribution in [0.1, 0.15) is 21.7 Å². The Bertz CT molecular complexity index is 411. The zero-order valence-corrected chi connectivity index (χ0v) is 9.71. The highest BCUT2D eigenvalue weighted by molar-refractivity contribution is 7.12. The van der Waals surface area contributed by atoms with Crippen molar-refractivity contribution >= 4 is 23.2 Å². The van der Waals surface area contributed by atoms with Gasteiger partial charge in [0.05, 0.1) is 4.88 Å². The third-order valence-electron chi connectivity index (χ3n) is 2.07. The molecule has 1 atom stereocenters. The first-order chi connectivity index (χ1) is 7.56. The lowest BCUT2D eigenvalue weighted by Gasteiger charge is -2.11. The Morgan fingerprint density at radius 1 is 1.69 bits per heavy atom. The van der Waals surface area contributed by atoms with E-state index in [1.54, 1.807) is 5.38 Å². The molecular weight excluding hydrogens is 226 g/mol. The van der Waals surface area contributed by atoms with E-state index in [0.29, 0.717) is 4.88 Å². The van der Waals surface area contributed by atoms with Gasteiger partial charge in [0.2, 0.25) is 0 Å². The number of carbonyl (C=O) groups is 2. The minimum atomic E-state index is -1.05. The van der Waals surface area contributed by atoms with E-state index in [1.165, 1.54) is 17.4 Å². The predicted octanol–water partition coefficient (Wildman–Crippen LogP) is 1.82. The Kier molecular flexibility index (Phi) is 4.25. The summed E-state index contributed by atoms with van der Waals surface area (Å²) < 4.78 is 0. The first-order valence-electron chi connectivity index (χ1n) is 4.75. The maximum Gasteiger partial charge on any atom is 0.326 e. The summed E-state index contributed by atoms with van der Waals surface area (Å²) in [6.45, 7) is 5.27. The van der Waals surface area contributed by atoms with Gasteiger partial charge in [0.15, 0.2) is 0 Å². The van der Waals surface area contributed by atoms with Crippen molar-refractivity contribution in [3.63, 3.8) is 0 Å². The fourth-order valence-corrected chi connectivity index (χ4v) is 2.05. The largest absolute Gasteiger partial charge is 0.480 e. The number of thiophene rings is 1. The van der Waals surface area contributed by atoms with Crippen molar-refractivity contribution in [2.45, 2.75) is 19.4 Å². The molecule has 86 valence electrons. The maximum absolute atomic E-state index is 11.7. The van der Waals surface area contributed by atoms with Crippen molar-refractivity contribution < 1.29 is 14.7 Å². The van der Waals surface area contributed by atoms with Crippen LogP contribution >= 0.6 is 11.3 Å². The number of hydrogen-bond donors (Lipinski definition) is 2. The first-order valence-corrected chi connectivity index (χ1v) is 5.63. The summed E-state index contributed by atoms with van der Waals surface area (Å²) in [6, 6.07) is 0.912. The molecule has 0 aliphatic carbocycles. The second kappa shape index (κ2) is 5.46. The quantitative estimate of drug-likeness (QED) is 0.770. The van der Waals surface area contributed by atoms with Gasteiger partial charge >= 0.3 is 5.97 Å². The van der Waals surface area contributed by atoms with Gasteiger partial charge in [-0.2, -0.15) is 0 Å². The number of nitrogens with one attached hydrogen (secondary N) is 1. The topological polar surface area (TPSA) is 66.4 Å². The molecule has 0 aliphatic rings. The molecule has 0 aliphatic heterocycles. The van der Waals surface area contributed by atoms with E-state index in [0.717, 1.165) is 5.56 Å². The SMILES string of the molecule is C=CCC(NC(=O)c1sccc1C)C(=O)O. The van der Waals surface area contributed by atoms with E-state index < -0.39 is 12.0 Å². The van der Waals surface area contributed by atoms with E-state index >= 15 is 0 Å². The van der Waals surface area contributed by atoms with Gasteiger partial charge in [-0.15, -0.1) is 17.9 Å². The first kappa shape index (κ1) is 12.4. The summed E-state index contributed by atoms with van der Waals surface area (Å²) in [5.41, 5.74) is 0.852. The van der Waals surface area contributed by atoms with Crippen LogP contribution in [-0.2, 0) is 4.79 Å². The Hall–Kier alpha value is -1.62. The van der Waals surface area contributed by atoms with Gasteiger partial charge in [-0.25, -0.2) is 4.79 Å². The van der Waals surface area contributed by atoms with Gasteiger partial charge in [-0.3, -0.25) is 4.79 Å². The molecule has 1 rings (SSSR count). The van der Waals surface area contributed by atoms with Crippen LogP contribution in [0.5, 0.6) is 0 Å². The zero-order chi connectivity index (χ0) is 12.1. The van der Waals surface area contributed by atoms with E-state index in [4.69, 9.17) is 5.11 Å².